The van der Waals surface area contributed by atoms with E-state index in [2.05, 4.69) is 58.5 Å². The van der Waals surface area contributed by atoms with Crippen molar-refractivity contribution in [3.8, 4) is 33.6 Å². The van der Waals surface area contributed by atoms with Gasteiger partial charge in [0.2, 0.25) is 0 Å². The SMILES string of the molecule is Cc1[nH]c([C@@H]2CC3CC3N2C(=O)OC(C)(C)C)nc1-c1ccc(-c2ccc(-c3cnc([C@@H]4CC5C[C@H]5N4C(=O)OC(C)(C)C)[nH]3)cc2)cc1. The number of aryl methyl sites for hydroxylation is 1. The van der Waals surface area contributed by atoms with Gasteiger partial charge in [-0.1, -0.05) is 48.5 Å². The third kappa shape index (κ3) is 6.10. The number of H-pyrrole nitrogens is 2. The standard InChI is InChI=1S/C39H46N6O4/c1-21-33(43-35(41-21)32-19-27-17-30(27)45(32)37(47)49-39(5,6)7)25-14-10-23(11-15-25)22-8-12-24(13-9-22)28-20-40-34(42-28)31-18-26-16-29(26)44(31)36(46)48-38(2,3)4/h8-15,20,26-27,29-32H,16-19H2,1-7H3,(H,40,42)(H,41,43)/t26?,27?,29-,30?,31+,32+/m1/s1. The van der Waals surface area contributed by atoms with Crippen LogP contribution < -0.4 is 0 Å². The van der Waals surface area contributed by atoms with E-state index in [1.165, 1.54) is 0 Å². The molecule has 10 heteroatoms. The second-order valence-electron chi connectivity index (χ2n) is 16.3. The molecular formula is C39H46N6O4. The van der Waals surface area contributed by atoms with E-state index in [9.17, 15) is 9.59 Å². The number of likely N-dealkylation sites (tertiary alicyclic amines) is 2. The van der Waals surface area contributed by atoms with Gasteiger partial charge in [0.1, 0.15) is 22.9 Å². The third-order valence-corrected chi connectivity index (χ3v) is 10.2. The number of hydrogen-bond acceptors (Lipinski definition) is 6. The molecule has 2 aromatic carbocycles. The molecule has 2 amide bonds. The van der Waals surface area contributed by atoms with E-state index in [0.717, 1.165) is 76.7 Å². The average Bonchev–Trinajstić information content (AvgIpc) is 3.67. The van der Waals surface area contributed by atoms with Crippen molar-refractivity contribution in [1.82, 2.24) is 29.7 Å². The number of ether oxygens (including phenoxy) is 2. The minimum Gasteiger partial charge on any atom is -0.444 e. The van der Waals surface area contributed by atoms with Crippen LogP contribution in [-0.2, 0) is 9.47 Å². The molecule has 0 radical (unpaired) electrons. The first-order valence-corrected chi connectivity index (χ1v) is 17.6. The Kier molecular flexibility index (Phi) is 7.25. The molecule has 2 saturated carbocycles. The number of imidazole rings is 2. The van der Waals surface area contributed by atoms with Gasteiger partial charge in [0, 0.05) is 23.3 Å². The van der Waals surface area contributed by atoms with Crippen molar-refractivity contribution in [3.05, 3.63) is 72.1 Å². The summed E-state index contributed by atoms with van der Waals surface area (Å²) in [7, 11) is 0. The molecule has 3 unspecified atom stereocenters. The molecule has 2 saturated heterocycles. The van der Waals surface area contributed by atoms with Crippen molar-refractivity contribution in [2.24, 2.45) is 11.8 Å². The lowest BCUT2D eigenvalue weighted by Crippen LogP contribution is -2.38. The molecule has 4 heterocycles. The zero-order valence-electron chi connectivity index (χ0n) is 29.4. The van der Waals surface area contributed by atoms with Crippen molar-refractivity contribution in [1.29, 1.82) is 0 Å². The topological polar surface area (TPSA) is 116 Å². The fourth-order valence-electron chi connectivity index (χ4n) is 7.79. The van der Waals surface area contributed by atoms with Crippen LogP contribution in [-0.4, -0.2) is 65.2 Å². The van der Waals surface area contributed by atoms with Gasteiger partial charge in [-0.25, -0.2) is 19.6 Å². The maximum Gasteiger partial charge on any atom is 0.411 e. The summed E-state index contributed by atoms with van der Waals surface area (Å²) < 4.78 is 11.5. The van der Waals surface area contributed by atoms with Crippen LogP contribution >= 0.6 is 0 Å². The van der Waals surface area contributed by atoms with Gasteiger partial charge in [0.25, 0.3) is 0 Å². The summed E-state index contributed by atoms with van der Waals surface area (Å²) in [6.45, 7) is 13.5. The molecule has 4 aromatic rings. The fourth-order valence-corrected chi connectivity index (χ4v) is 7.79. The highest BCUT2D eigenvalue weighted by atomic mass is 16.6. The van der Waals surface area contributed by atoms with Gasteiger partial charge in [0.15, 0.2) is 0 Å². The fraction of sp³-hybridized carbons (Fsp3) is 0.487. The highest BCUT2D eigenvalue weighted by molar-refractivity contribution is 5.73. The summed E-state index contributed by atoms with van der Waals surface area (Å²) in [6, 6.07) is 17.2. The predicted molar refractivity (Wildman–Crippen MR) is 186 cm³/mol. The van der Waals surface area contributed by atoms with Crippen LogP contribution in [0.1, 0.15) is 96.7 Å². The number of nitrogens with one attached hydrogen (secondary N) is 2. The Morgan fingerprint density at radius 2 is 1.14 bits per heavy atom. The van der Waals surface area contributed by atoms with E-state index >= 15 is 0 Å². The van der Waals surface area contributed by atoms with Crippen molar-refractivity contribution < 1.29 is 19.1 Å². The molecule has 10 nitrogen and oxygen atoms in total. The monoisotopic (exact) mass is 662 g/mol. The zero-order chi connectivity index (χ0) is 34.4. The van der Waals surface area contributed by atoms with Gasteiger partial charge < -0.3 is 19.4 Å². The first kappa shape index (κ1) is 31.7. The number of rotatable bonds is 5. The zero-order valence-corrected chi connectivity index (χ0v) is 29.4. The minimum atomic E-state index is -0.536. The highest BCUT2D eigenvalue weighted by Crippen LogP contribution is 2.54. The summed E-state index contributed by atoms with van der Waals surface area (Å²) in [5, 5.41) is 0. The maximum atomic E-state index is 13.1. The molecule has 2 aromatic heterocycles. The highest BCUT2D eigenvalue weighted by Gasteiger charge is 2.57. The lowest BCUT2D eigenvalue weighted by Gasteiger charge is -2.29. The summed E-state index contributed by atoms with van der Waals surface area (Å²) in [6.07, 6.45) is 5.27. The van der Waals surface area contributed by atoms with E-state index in [-0.39, 0.29) is 36.4 Å². The smallest absolute Gasteiger partial charge is 0.411 e. The summed E-state index contributed by atoms with van der Waals surface area (Å²) in [5.41, 5.74) is 6.04. The van der Waals surface area contributed by atoms with Crippen LogP contribution in [0.5, 0.6) is 0 Å². The van der Waals surface area contributed by atoms with E-state index in [1.54, 1.807) is 0 Å². The maximum absolute atomic E-state index is 13.1. The summed E-state index contributed by atoms with van der Waals surface area (Å²) in [4.78, 5) is 46.6. The largest absolute Gasteiger partial charge is 0.444 e. The molecular weight excluding hydrogens is 616 g/mol. The number of fused-ring (bicyclic) bond motifs is 2. The minimum absolute atomic E-state index is 0.0907. The quantitative estimate of drug-likeness (QED) is 0.221. The third-order valence-electron chi connectivity index (χ3n) is 10.2. The average molecular weight is 663 g/mol. The number of hydrogen-bond donors (Lipinski definition) is 2. The number of carbonyl (C=O) groups is 2. The molecule has 4 aliphatic rings. The van der Waals surface area contributed by atoms with E-state index in [0.29, 0.717) is 11.8 Å². The van der Waals surface area contributed by atoms with Crippen LogP contribution in [0.3, 0.4) is 0 Å². The molecule has 0 spiro atoms. The lowest BCUT2D eigenvalue weighted by atomic mass is 10.0. The molecule has 256 valence electrons. The Balaban J connectivity index is 0.952. The van der Waals surface area contributed by atoms with Gasteiger partial charge in [-0.15, -0.1) is 0 Å². The second-order valence-corrected chi connectivity index (χ2v) is 16.3. The second kappa shape index (κ2) is 11.2. The number of piperidine rings is 2. The predicted octanol–water partition coefficient (Wildman–Crippen LogP) is 8.58. The van der Waals surface area contributed by atoms with Gasteiger partial charge in [0.05, 0.1) is 29.7 Å². The Morgan fingerprint density at radius 1 is 0.673 bits per heavy atom. The van der Waals surface area contributed by atoms with E-state index < -0.39 is 11.2 Å². The first-order valence-electron chi connectivity index (χ1n) is 17.6. The lowest BCUT2D eigenvalue weighted by molar-refractivity contribution is 0.0164. The number of aromatic amines is 2. The molecule has 0 bridgehead atoms. The molecule has 2 aliphatic carbocycles. The van der Waals surface area contributed by atoms with Crippen LogP contribution in [0.2, 0.25) is 0 Å². The molecule has 8 rings (SSSR count). The van der Waals surface area contributed by atoms with Gasteiger partial charge in [-0.2, -0.15) is 0 Å². The van der Waals surface area contributed by atoms with Crippen molar-refractivity contribution in [2.75, 3.05) is 0 Å². The van der Waals surface area contributed by atoms with Gasteiger partial charge in [-0.3, -0.25) is 9.80 Å². The van der Waals surface area contributed by atoms with Crippen molar-refractivity contribution in [2.45, 2.75) is 110 Å². The number of amides is 2. The molecule has 2 N–H and O–H groups in total. The number of aromatic nitrogens is 4. The molecule has 49 heavy (non-hydrogen) atoms. The van der Waals surface area contributed by atoms with Crippen LogP contribution in [0, 0.1) is 18.8 Å². The summed E-state index contributed by atoms with van der Waals surface area (Å²) >= 11 is 0. The molecule has 4 fully saturated rings. The number of benzene rings is 2. The van der Waals surface area contributed by atoms with Gasteiger partial charge in [-0.05, 0) is 103 Å². The van der Waals surface area contributed by atoms with Crippen molar-refractivity contribution in [3.63, 3.8) is 0 Å². The van der Waals surface area contributed by atoms with Gasteiger partial charge >= 0.3 is 12.2 Å². The van der Waals surface area contributed by atoms with Crippen molar-refractivity contribution >= 4 is 12.2 Å². The number of carbonyl (C=O) groups excluding carboxylic acids is 2. The van der Waals surface area contributed by atoms with Crippen LogP contribution in [0.4, 0.5) is 9.59 Å². The Labute approximate surface area is 287 Å². The van der Waals surface area contributed by atoms with Crippen LogP contribution in [0.15, 0.2) is 54.7 Å². The Bertz CT molecular complexity index is 1900. The van der Waals surface area contributed by atoms with E-state index in [4.69, 9.17) is 19.4 Å². The normalized spacial score (nSPS) is 25.6. The first-order chi connectivity index (χ1) is 23.2. The number of nitrogens with zero attached hydrogens (tertiary/aromatic N) is 4. The van der Waals surface area contributed by atoms with Crippen LogP contribution in [0.25, 0.3) is 33.6 Å². The molecule has 6 atom stereocenters. The Morgan fingerprint density at radius 3 is 1.65 bits per heavy atom. The summed E-state index contributed by atoms with van der Waals surface area (Å²) in [5.74, 6) is 2.70. The Hall–Kier alpha value is -4.60. The molecule has 2 aliphatic heterocycles. The van der Waals surface area contributed by atoms with E-state index in [1.807, 2.05) is 64.5 Å².